The first-order chi connectivity index (χ1) is 19.6. The molecule has 0 saturated heterocycles. The minimum atomic E-state index is -4.27. The Balaban J connectivity index is 1.51. The molecule has 4 aromatic rings. The molecule has 0 spiro atoms. The summed E-state index contributed by atoms with van der Waals surface area (Å²) < 4.78 is 30.7. The molecule has 4 aromatic carbocycles. The van der Waals surface area contributed by atoms with Gasteiger partial charge in [-0.3, -0.25) is 4.62 Å². The van der Waals surface area contributed by atoms with Crippen molar-refractivity contribution in [2.45, 2.75) is 0 Å². The fourth-order valence-electron chi connectivity index (χ4n) is 3.82. The van der Waals surface area contributed by atoms with Crippen LogP contribution in [0.15, 0.2) is 156 Å². The molecule has 0 aromatic heterocycles. The normalized spacial score (nSPS) is 15.0. The van der Waals surface area contributed by atoms with Crippen molar-refractivity contribution in [1.29, 1.82) is 5.26 Å². The number of nitrogens with one attached hydrogen (secondary N) is 1. The van der Waals surface area contributed by atoms with Gasteiger partial charge >= 0.3 is 7.82 Å². The molecule has 8 heteroatoms. The van der Waals surface area contributed by atoms with Crippen LogP contribution in [0, 0.1) is 11.3 Å². The van der Waals surface area contributed by atoms with E-state index in [0.717, 1.165) is 11.3 Å². The Kier molecular flexibility index (Phi) is 8.21. The van der Waals surface area contributed by atoms with Crippen molar-refractivity contribution < 1.29 is 18.2 Å². The largest absolute Gasteiger partial charge is 0.668 e. The number of allylic oxidation sites excluding steroid dienone is 5. The predicted octanol–water partition coefficient (Wildman–Crippen LogP) is 8.17. The van der Waals surface area contributed by atoms with Crippen molar-refractivity contribution in [3.8, 4) is 17.6 Å². The van der Waals surface area contributed by atoms with Gasteiger partial charge in [-0.25, -0.2) is 0 Å². The first-order valence-electron chi connectivity index (χ1n) is 12.4. The maximum Gasteiger partial charge on any atom is 0.668 e. The Hall–Kier alpha value is -5.31. The Morgan fingerprint density at radius 1 is 0.725 bits per heavy atom. The first kappa shape index (κ1) is 26.3. The molecule has 0 bridgehead atoms. The molecular weight excluding hydrogens is 521 g/mol. The first-order valence-corrected chi connectivity index (χ1v) is 13.9. The lowest BCUT2D eigenvalue weighted by atomic mass is 9.96. The van der Waals surface area contributed by atoms with E-state index in [-0.39, 0.29) is 0 Å². The van der Waals surface area contributed by atoms with Gasteiger partial charge in [-0.1, -0.05) is 96.2 Å². The lowest BCUT2D eigenvalue weighted by Crippen LogP contribution is -2.14. The molecule has 0 atom stereocenters. The predicted molar refractivity (Wildman–Crippen MR) is 157 cm³/mol. The number of benzene rings is 4. The van der Waals surface area contributed by atoms with Crippen LogP contribution >= 0.6 is 7.82 Å². The third-order valence-corrected chi connectivity index (χ3v) is 6.82. The number of anilines is 1. The maximum absolute atomic E-state index is 13.8. The molecule has 0 fully saturated rings. The standard InChI is InChI=1S/C32H24N3O4P/c33-24-30(25-13-5-1-6-14-25)26-21-22-31(32(23-26)34-27-15-7-2-8-16-27)35-39-40(36,37-28-17-9-3-10-18-28)38-29-19-11-4-12-20-29/h1-23,34H. The summed E-state index contributed by atoms with van der Waals surface area (Å²) in [5.41, 5.74) is 3.60. The summed E-state index contributed by atoms with van der Waals surface area (Å²) in [6.07, 6.45) is 5.23. The Labute approximate surface area is 232 Å². The molecule has 0 amide bonds. The fraction of sp³-hybridized carbons (Fsp3) is 0. The number of rotatable bonds is 9. The van der Waals surface area contributed by atoms with Crippen molar-refractivity contribution in [2.24, 2.45) is 5.16 Å². The van der Waals surface area contributed by atoms with Gasteiger partial charge in [-0.2, -0.15) is 9.83 Å². The van der Waals surface area contributed by atoms with Crippen LogP contribution in [-0.2, 0) is 9.19 Å². The molecule has 40 heavy (non-hydrogen) atoms. The summed E-state index contributed by atoms with van der Waals surface area (Å²) in [6.45, 7) is 0. The smallest absolute Gasteiger partial charge is 0.385 e. The molecule has 0 saturated carbocycles. The van der Waals surface area contributed by atoms with Gasteiger partial charge in [0.25, 0.3) is 0 Å². The maximum atomic E-state index is 13.8. The number of para-hydroxylation sites is 3. The average molecular weight is 546 g/mol. The SMILES string of the molecule is N#CC(=C1C=CC(=NOP(=O)(Oc2ccccc2)Oc2ccccc2)C(Nc2ccccc2)=C1)c1ccccc1. The van der Waals surface area contributed by atoms with Crippen LogP contribution in [0.1, 0.15) is 5.56 Å². The van der Waals surface area contributed by atoms with Crippen molar-refractivity contribution in [1.82, 2.24) is 0 Å². The fourth-order valence-corrected chi connectivity index (χ4v) is 4.87. The highest BCUT2D eigenvalue weighted by atomic mass is 31.2. The zero-order valence-corrected chi connectivity index (χ0v) is 22.1. The van der Waals surface area contributed by atoms with Gasteiger partial charge in [0.15, 0.2) is 0 Å². The van der Waals surface area contributed by atoms with Crippen molar-refractivity contribution >= 4 is 24.8 Å². The lowest BCUT2D eigenvalue weighted by molar-refractivity contribution is 0.218. The second-order valence-corrected chi connectivity index (χ2v) is 9.93. The van der Waals surface area contributed by atoms with Crippen molar-refractivity contribution in [3.05, 3.63) is 156 Å². The van der Waals surface area contributed by atoms with Gasteiger partial charge in [0, 0.05) is 5.69 Å². The molecule has 1 aliphatic rings. The highest BCUT2D eigenvalue weighted by Gasteiger charge is 2.34. The van der Waals surface area contributed by atoms with Gasteiger partial charge in [0.2, 0.25) is 0 Å². The van der Waals surface area contributed by atoms with E-state index in [1.165, 1.54) is 0 Å². The van der Waals surface area contributed by atoms with Crippen LogP contribution in [0.2, 0.25) is 0 Å². The zero-order valence-electron chi connectivity index (χ0n) is 21.3. The molecule has 196 valence electrons. The second-order valence-electron chi connectivity index (χ2n) is 8.50. The molecule has 5 rings (SSSR count). The molecule has 0 heterocycles. The van der Waals surface area contributed by atoms with Crippen molar-refractivity contribution in [3.63, 3.8) is 0 Å². The number of hydrogen-bond donors (Lipinski definition) is 1. The Morgan fingerprint density at radius 3 is 1.80 bits per heavy atom. The molecule has 0 radical (unpaired) electrons. The van der Waals surface area contributed by atoms with Crippen LogP contribution in [0.5, 0.6) is 11.5 Å². The summed E-state index contributed by atoms with van der Waals surface area (Å²) in [5, 5.41) is 17.5. The number of hydrogen-bond acceptors (Lipinski definition) is 7. The highest BCUT2D eigenvalue weighted by molar-refractivity contribution is 7.49. The van der Waals surface area contributed by atoms with E-state index >= 15 is 0 Å². The number of oxime groups is 1. The molecule has 0 aliphatic heterocycles. The number of nitriles is 1. The van der Waals surface area contributed by atoms with Gasteiger partial charge in [0.1, 0.15) is 23.3 Å². The summed E-state index contributed by atoms with van der Waals surface area (Å²) in [7, 11) is -4.27. The zero-order chi connectivity index (χ0) is 27.6. The summed E-state index contributed by atoms with van der Waals surface area (Å²) >= 11 is 0. The molecular formula is C32H24N3O4P. The highest BCUT2D eigenvalue weighted by Crippen LogP contribution is 2.50. The van der Waals surface area contributed by atoms with Crippen LogP contribution < -0.4 is 14.4 Å². The number of phosphoric ester groups is 1. The van der Waals surface area contributed by atoms with E-state index in [1.807, 2.05) is 72.8 Å². The van der Waals surface area contributed by atoms with Crippen LogP contribution in [0.3, 0.4) is 0 Å². The van der Waals surface area contributed by atoms with E-state index in [0.29, 0.717) is 34.1 Å². The van der Waals surface area contributed by atoms with E-state index in [2.05, 4.69) is 16.5 Å². The third-order valence-electron chi connectivity index (χ3n) is 5.67. The average Bonchev–Trinajstić information content (AvgIpc) is 2.99. The molecule has 1 N–H and O–H groups in total. The van der Waals surface area contributed by atoms with Gasteiger partial charge in [-0.05, 0) is 59.7 Å². The number of phosphoric acid groups is 1. The monoisotopic (exact) mass is 545 g/mol. The third kappa shape index (κ3) is 6.76. The topological polar surface area (TPSA) is 92.9 Å². The lowest BCUT2D eigenvalue weighted by Gasteiger charge is -2.19. The van der Waals surface area contributed by atoms with Crippen LogP contribution in [0.25, 0.3) is 5.57 Å². The van der Waals surface area contributed by atoms with E-state index in [9.17, 15) is 9.83 Å². The molecule has 7 nitrogen and oxygen atoms in total. The van der Waals surface area contributed by atoms with Gasteiger partial charge in [0.05, 0.1) is 11.3 Å². The quantitative estimate of drug-likeness (QED) is 0.130. The Bertz CT molecular complexity index is 1620. The van der Waals surface area contributed by atoms with Gasteiger partial charge in [-0.15, -0.1) is 0 Å². The van der Waals surface area contributed by atoms with E-state index in [4.69, 9.17) is 13.7 Å². The van der Waals surface area contributed by atoms with Gasteiger partial charge < -0.3 is 14.4 Å². The van der Waals surface area contributed by atoms with Crippen molar-refractivity contribution in [2.75, 3.05) is 5.32 Å². The minimum absolute atomic E-state index is 0.297. The van der Waals surface area contributed by atoms with E-state index < -0.39 is 7.82 Å². The van der Waals surface area contributed by atoms with Crippen LogP contribution in [0.4, 0.5) is 5.69 Å². The van der Waals surface area contributed by atoms with E-state index in [1.54, 1.807) is 66.8 Å². The summed E-state index contributed by atoms with van der Waals surface area (Å²) in [4.78, 5) is 0. The minimum Gasteiger partial charge on any atom is -0.385 e. The molecule has 0 unspecified atom stereocenters. The summed E-state index contributed by atoms with van der Waals surface area (Å²) in [6, 6.07) is 38.4. The molecule has 1 aliphatic carbocycles. The summed E-state index contributed by atoms with van der Waals surface area (Å²) in [5.74, 6) is 0.595. The Morgan fingerprint density at radius 2 is 1.25 bits per heavy atom. The number of nitrogens with zero attached hydrogens (tertiary/aromatic N) is 2. The van der Waals surface area contributed by atoms with Crippen LogP contribution in [-0.4, -0.2) is 5.71 Å². The second kappa shape index (κ2) is 12.5.